The van der Waals surface area contributed by atoms with Crippen molar-refractivity contribution in [3.8, 4) is 0 Å². The quantitative estimate of drug-likeness (QED) is 0.221. The molecular weight excluding hydrogens is 240 g/mol. The third-order valence-corrected chi connectivity index (χ3v) is 4.25. The molecule has 0 nitrogen and oxygen atoms in total. The average Bonchev–Trinajstić information content (AvgIpc) is 2.45. The van der Waals surface area contributed by atoms with Gasteiger partial charge in [-0.15, -0.1) is 19.7 Å². The largest absolute Gasteiger partial charge is 0.103 e. The van der Waals surface area contributed by atoms with Crippen LogP contribution < -0.4 is 0 Å². The lowest BCUT2D eigenvalue weighted by Crippen LogP contribution is -2.13. The predicted molar refractivity (Wildman–Crippen MR) is 94.0 cm³/mol. The van der Waals surface area contributed by atoms with Gasteiger partial charge in [-0.05, 0) is 37.5 Å². The van der Waals surface area contributed by atoms with Crippen molar-refractivity contribution in [2.24, 2.45) is 11.8 Å². The Hall–Kier alpha value is -0.780. The van der Waals surface area contributed by atoms with Gasteiger partial charge in [0, 0.05) is 0 Å². The van der Waals surface area contributed by atoms with E-state index in [1.54, 1.807) is 0 Å². The number of unbranched alkanes of at least 4 members (excludes halogenated alkanes) is 6. The number of allylic oxidation sites excluding steroid dienone is 3. The lowest BCUT2D eigenvalue weighted by molar-refractivity contribution is 0.308. The van der Waals surface area contributed by atoms with E-state index in [1.165, 1.54) is 51.4 Å². The zero-order chi connectivity index (χ0) is 15.1. The first-order valence-corrected chi connectivity index (χ1v) is 8.62. The standard InChI is InChI=1S/C20H36/c1-5-9-10-11-12-13-14-18-20(17-8-4)19(15-6-2)16-7-3/h6-8,19-20H,2-5,9-18H2,1H3. The molecule has 0 aromatic carbocycles. The molecule has 0 saturated carbocycles. The maximum atomic E-state index is 3.93. The molecule has 1 unspecified atom stereocenters. The van der Waals surface area contributed by atoms with Gasteiger partial charge in [0.25, 0.3) is 0 Å². The van der Waals surface area contributed by atoms with Gasteiger partial charge in [0.05, 0.1) is 0 Å². The molecule has 0 aliphatic carbocycles. The Bertz CT molecular complexity index is 228. The first-order valence-electron chi connectivity index (χ1n) is 8.62. The van der Waals surface area contributed by atoms with Gasteiger partial charge in [-0.2, -0.15) is 0 Å². The third-order valence-electron chi connectivity index (χ3n) is 4.25. The zero-order valence-corrected chi connectivity index (χ0v) is 13.8. The van der Waals surface area contributed by atoms with Crippen LogP contribution in [0.5, 0.6) is 0 Å². The summed E-state index contributed by atoms with van der Waals surface area (Å²) >= 11 is 0. The van der Waals surface area contributed by atoms with Gasteiger partial charge in [-0.25, -0.2) is 0 Å². The maximum Gasteiger partial charge on any atom is -0.0314 e. The van der Waals surface area contributed by atoms with Crippen LogP contribution in [0.1, 0.15) is 77.6 Å². The molecule has 0 radical (unpaired) electrons. The van der Waals surface area contributed by atoms with Crippen LogP contribution in [0, 0.1) is 11.8 Å². The van der Waals surface area contributed by atoms with Crippen LogP contribution in [0.2, 0.25) is 0 Å². The predicted octanol–water partition coefficient (Wildman–Crippen LogP) is 7.09. The van der Waals surface area contributed by atoms with Crippen LogP contribution in [0.3, 0.4) is 0 Å². The molecule has 0 spiro atoms. The molecule has 0 amide bonds. The molecular formula is C20H36. The van der Waals surface area contributed by atoms with Gasteiger partial charge in [0.1, 0.15) is 0 Å². The van der Waals surface area contributed by atoms with E-state index >= 15 is 0 Å². The van der Waals surface area contributed by atoms with Crippen molar-refractivity contribution in [2.75, 3.05) is 0 Å². The summed E-state index contributed by atoms with van der Waals surface area (Å²) < 4.78 is 0. The summed E-state index contributed by atoms with van der Waals surface area (Å²) in [4.78, 5) is 0. The van der Waals surface area contributed by atoms with E-state index in [0.29, 0.717) is 5.92 Å². The molecule has 0 aromatic heterocycles. The van der Waals surface area contributed by atoms with E-state index in [0.717, 1.165) is 25.2 Å². The van der Waals surface area contributed by atoms with E-state index < -0.39 is 0 Å². The molecule has 0 saturated heterocycles. The molecule has 1 atom stereocenters. The first kappa shape index (κ1) is 19.2. The maximum absolute atomic E-state index is 3.93. The van der Waals surface area contributed by atoms with Gasteiger partial charge >= 0.3 is 0 Å². The molecule has 0 bridgehead atoms. The highest BCUT2D eigenvalue weighted by atomic mass is 14.2. The van der Waals surface area contributed by atoms with Crippen molar-refractivity contribution in [3.05, 3.63) is 38.0 Å². The van der Waals surface area contributed by atoms with Crippen molar-refractivity contribution in [3.63, 3.8) is 0 Å². The second-order valence-corrected chi connectivity index (χ2v) is 6.00. The fourth-order valence-electron chi connectivity index (χ4n) is 3.03. The van der Waals surface area contributed by atoms with Gasteiger partial charge in [-0.1, -0.05) is 70.1 Å². The van der Waals surface area contributed by atoms with E-state index in [-0.39, 0.29) is 0 Å². The Morgan fingerprint density at radius 2 is 1.10 bits per heavy atom. The van der Waals surface area contributed by atoms with Crippen molar-refractivity contribution in [1.82, 2.24) is 0 Å². The van der Waals surface area contributed by atoms with E-state index in [9.17, 15) is 0 Å². The zero-order valence-electron chi connectivity index (χ0n) is 13.8. The van der Waals surface area contributed by atoms with Crippen molar-refractivity contribution < 1.29 is 0 Å². The molecule has 20 heavy (non-hydrogen) atoms. The molecule has 0 N–H and O–H groups in total. The second kappa shape index (κ2) is 14.6. The van der Waals surface area contributed by atoms with Crippen LogP contribution in [-0.2, 0) is 0 Å². The van der Waals surface area contributed by atoms with Crippen molar-refractivity contribution >= 4 is 0 Å². The third kappa shape index (κ3) is 10.1. The minimum absolute atomic E-state index is 0.711. The Kier molecular flexibility index (Phi) is 14.1. The summed E-state index contributed by atoms with van der Waals surface area (Å²) in [6.45, 7) is 14.0. The SMILES string of the molecule is C=CCC(CC=C)C(CC=C)CCCCCCCCC. The van der Waals surface area contributed by atoms with E-state index in [2.05, 4.69) is 44.9 Å². The minimum Gasteiger partial charge on any atom is -0.103 e. The molecule has 0 heteroatoms. The summed E-state index contributed by atoms with van der Waals surface area (Å²) in [5.74, 6) is 1.47. The number of hydrogen-bond donors (Lipinski definition) is 0. The number of hydrogen-bond acceptors (Lipinski definition) is 0. The lowest BCUT2D eigenvalue weighted by atomic mass is 9.81. The van der Waals surface area contributed by atoms with Crippen LogP contribution >= 0.6 is 0 Å². The van der Waals surface area contributed by atoms with Gasteiger partial charge in [0.15, 0.2) is 0 Å². The van der Waals surface area contributed by atoms with Crippen LogP contribution in [-0.4, -0.2) is 0 Å². The van der Waals surface area contributed by atoms with Gasteiger partial charge < -0.3 is 0 Å². The monoisotopic (exact) mass is 276 g/mol. The minimum atomic E-state index is 0.711. The first-order chi connectivity index (χ1) is 9.79. The smallest absolute Gasteiger partial charge is 0.0314 e. The Labute approximate surface area is 128 Å². The molecule has 0 aliphatic rings. The summed E-state index contributed by atoms with van der Waals surface area (Å²) in [7, 11) is 0. The van der Waals surface area contributed by atoms with Crippen LogP contribution in [0.25, 0.3) is 0 Å². The van der Waals surface area contributed by atoms with Crippen LogP contribution in [0.4, 0.5) is 0 Å². The molecule has 0 aliphatic heterocycles. The van der Waals surface area contributed by atoms with E-state index in [1.807, 2.05) is 0 Å². The second-order valence-electron chi connectivity index (χ2n) is 6.00. The summed E-state index contributed by atoms with van der Waals surface area (Å²) in [6, 6.07) is 0. The fraction of sp³-hybridized carbons (Fsp3) is 0.700. The Morgan fingerprint density at radius 1 is 0.650 bits per heavy atom. The highest BCUT2D eigenvalue weighted by Crippen LogP contribution is 2.29. The summed E-state index contributed by atoms with van der Waals surface area (Å²) in [6.07, 6.45) is 20.7. The highest BCUT2D eigenvalue weighted by Gasteiger charge is 2.17. The molecule has 0 heterocycles. The highest BCUT2D eigenvalue weighted by molar-refractivity contribution is 4.86. The fourth-order valence-corrected chi connectivity index (χ4v) is 3.03. The molecule has 116 valence electrons. The van der Waals surface area contributed by atoms with Crippen LogP contribution in [0.15, 0.2) is 38.0 Å². The Balaban J connectivity index is 3.95. The summed E-state index contributed by atoms with van der Waals surface area (Å²) in [5, 5.41) is 0. The van der Waals surface area contributed by atoms with Gasteiger partial charge in [0.2, 0.25) is 0 Å². The normalized spacial score (nSPS) is 12.3. The van der Waals surface area contributed by atoms with Gasteiger partial charge in [-0.3, -0.25) is 0 Å². The van der Waals surface area contributed by atoms with Crippen molar-refractivity contribution in [2.45, 2.75) is 77.6 Å². The molecule has 0 aromatic rings. The molecule has 0 rings (SSSR count). The topological polar surface area (TPSA) is 0 Å². The summed E-state index contributed by atoms with van der Waals surface area (Å²) in [5.41, 5.74) is 0. The lowest BCUT2D eigenvalue weighted by Gasteiger charge is -2.24. The van der Waals surface area contributed by atoms with Crippen molar-refractivity contribution in [1.29, 1.82) is 0 Å². The average molecular weight is 277 g/mol. The Morgan fingerprint density at radius 3 is 1.60 bits per heavy atom. The number of rotatable bonds is 15. The molecule has 0 fully saturated rings. The van der Waals surface area contributed by atoms with E-state index in [4.69, 9.17) is 0 Å².